The van der Waals surface area contributed by atoms with E-state index in [4.69, 9.17) is 11.6 Å². The molecular weight excluding hydrogens is 412 g/mol. The summed E-state index contributed by atoms with van der Waals surface area (Å²) in [5, 5.41) is 0.598. The van der Waals surface area contributed by atoms with Crippen LogP contribution in [-0.2, 0) is 16.4 Å². The zero-order valence-corrected chi connectivity index (χ0v) is 17.5. The molecule has 1 aliphatic heterocycles. The molecule has 0 aliphatic carbocycles. The molecule has 3 aromatic rings. The van der Waals surface area contributed by atoms with Gasteiger partial charge in [-0.05, 0) is 29.8 Å². The van der Waals surface area contributed by atoms with Crippen LogP contribution in [0.5, 0.6) is 0 Å². The standard InChI is InChI=1S/C20H21ClN4O3S/c1-29(27,28)20-22-18(17-7-2-3-8-25(17)20)19(26)24-11-9-23(10-12-24)14-15-5-4-6-16(21)13-15/h2-8,13H,9-12,14H2,1H3. The molecule has 1 aromatic carbocycles. The van der Waals surface area contributed by atoms with Crippen molar-refractivity contribution in [3.63, 3.8) is 0 Å². The Kier molecular flexibility index (Phi) is 5.33. The lowest BCUT2D eigenvalue weighted by Gasteiger charge is -2.34. The van der Waals surface area contributed by atoms with Crippen LogP contribution in [0, 0.1) is 0 Å². The van der Waals surface area contributed by atoms with E-state index in [1.807, 2.05) is 24.3 Å². The van der Waals surface area contributed by atoms with Crippen molar-refractivity contribution in [2.24, 2.45) is 0 Å². The first-order valence-corrected chi connectivity index (χ1v) is 11.5. The van der Waals surface area contributed by atoms with E-state index in [2.05, 4.69) is 9.88 Å². The summed E-state index contributed by atoms with van der Waals surface area (Å²) in [6.07, 6.45) is 2.70. The summed E-state index contributed by atoms with van der Waals surface area (Å²) >= 11 is 6.05. The molecular formula is C20H21ClN4O3S. The van der Waals surface area contributed by atoms with Gasteiger partial charge in [-0.1, -0.05) is 29.8 Å². The fourth-order valence-electron chi connectivity index (χ4n) is 3.58. The minimum Gasteiger partial charge on any atom is -0.335 e. The molecule has 1 saturated heterocycles. The number of piperazine rings is 1. The number of halogens is 1. The molecule has 152 valence electrons. The molecule has 1 amide bonds. The van der Waals surface area contributed by atoms with Crippen LogP contribution < -0.4 is 0 Å². The smallest absolute Gasteiger partial charge is 0.274 e. The third-order valence-electron chi connectivity index (χ3n) is 5.00. The van der Waals surface area contributed by atoms with Gasteiger partial charge in [0.2, 0.25) is 15.0 Å². The molecule has 0 spiro atoms. The van der Waals surface area contributed by atoms with Gasteiger partial charge in [-0.25, -0.2) is 13.4 Å². The normalized spacial score (nSPS) is 15.7. The molecule has 0 saturated carbocycles. The molecule has 1 fully saturated rings. The number of sulfone groups is 1. The topological polar surface area (TPSA) is 75.0 Å². The van der Waals surface area contributed by atoms with Crippen LogP contribution in [0.15, 0.2) is 53.8 Å². The van der Waals surface area contributed by atoms with Gasteiger partial charge < -0.3 is 4.90 Å². The zero-order valence-electron chi connectivity index (χ0n) is 16.0. The maximum Gasteiger partial charge on any atom is 0.274 e. The Morgan fingerprint density at radius 2 is 1.86 bits per heavy atom. The van der Waals surface area contributed by atoms with Crippen molar-refractivity contribution in [2.75, 3.05) is 32.4 Å². The third kappa shape index (κ3) is 4.14. The van der Waals surface area contributed by atoms with E-state index in [1.54, 1.807) is 29.3 Å². The molecule has 1 aliphatic rings. The highest BCUT2D eigenvalue weighted by Crippen LogP contribution is 2.20. The number of imidazole rings is 1. The Morgan fingerprint density at radius 1 is 1.10 bits per heavy atom. The lowest BCUT2D eigenvalue weighted by atomic mass is 10.2. The molecule has 9 heteroatoms. The van der Waals surface area contributed by atoms with Gasteiger partial charge in [0.05, 0.1) is 5.52 Å². The van der Waals surface area contributed by atoms with Crippen molar-refractivity contribution in [1.29, 1.82) is 0 Å². The van der Waals surface area contributed by atoms with Crippen molar-refractivity contribution in [3.05, 3.63) is 64.9 Å². The summed E-state index contributed by atoms with van der Waals surface area (Å²) in [6, 6.07) is 13.0. The monoisotopic (exact) mass is 432 g/mol. The van der Waals surface area contributed by atoms with Gasteiger partial charge in [-0.2, -0.15) is 0 Å². The number of rotatable bonds is 4. The Balaban J connectivity index is 1.50. The molecule has 7 nitrogen and oxygen atoms in total. The average Bonchev–Trinajstić information content (AvgIpc) is 3.08. The first-order chi connectivity index (χ1) is 13.8. The van der Waals surface area contributed by atoms with Gasteiger partial charge in [-0.3, -0.25) is 14.1 Å². The van der Waals surface area contributed by atoms with E-state index < -0.39 is 9.84 Å². The Labute approximate surface area is 174 Å². The third-order valence-corrected chi connectivity index (χ3v) is 6.19. The van der Waals surface area contributed by atoms with Gasteiger partial charge >= 0.3 is 0 Å². The number of nitrogens with zero attached hydrogens (tertiary/aromatic N) is 4. The van der Waals surface area contributed by atoms with Crippen molar-refractivity contribution in [2.45, 2.75) is 11.7 Å². The lowest BCUT2D eigenvalue weighted by Crippen LogP contribution is -2.48. The molecule has 0 radical (unpaired) electrons. The quantitative estimate of drug-likeness (QED) is 0.632. The first-order valence-electron chi connectivity index (χ1n) is 9.26. The summed E-state index contributed by atoms with van der Waals surface area (Å²) in [6.45, 7) is 3.33. The number of pyridine rings is 1. The molecule has 0 bridgehead atoms. The number of carbonyl (C=O) groups is 1. The second-order valence-corrected chi connectivity index (χ2v) is 9.52. The lowest BCUT2D eigenvalue weighted by molar-refractivity contribution is 0.0625. The van der Waals surface area contributed by atoms with E-state index in [0.29, 0.717) is 23.6 Å². The minimum absolute atomic E-state index is 0.115. The minimum atomic E-state index is -3.56. The highest BCUT2D eigenvalue weighted by molar-refractivity contribution is 7.90. The fourth-order valence-corrected chi connectivity index (χ4v) is 4.57. The maximum atomic E-state index is 13.1. The highest BCUT2D eigenvalue weighted by atomic mass is 35.5. The van der Waals surface area contributed by atoms with Crippen LogP contribution in [0.2, 0.25) is 5.02 Å². The van der Waals surface area contributed by atoms with E-state index in [-0.39, 0.29) is 16.8 Å². The number of aromatic nitrogens is 2. The van der Waals surface area contributed by atoms with E-state index >= 15 is 0 Å². The van der Waals surface area contributed by atoms with Crippen molar-refractivity contribution >= 4 is 32.9 Å². The Bertz CT molecular complexity index is 1170. The number of carbonyl (C=O) groups excluding carboxylic acids is 1. The van der Waals surface area contributed by atoms with E-state index in [9.17, 15) is 13.2 Å². The molecule has 0 N–H and O–H groups in total. The number of hydrogen-bond donors (Lipinski definition) is 0. The number of hydrogen-bond acceptors (Lipinski definition) is 5. The second-order valence-electron chi connectivity index (χ2n) is 7.17. The van der Waals surface area contributed by atoms with Crippen LogP contribution in [0.3, 0.4) is 0 Å². The van der Waals surface area contributed by atoms with Crippen molar-refractivity contribution in [1.82, 2.24) is 19.2 Å². The van der Waals surface area contributed by atoms with Crippen LogP contribution in [0.25, 0.3) is 5.52 Å². The molecule has 0 unspecified atom stereocenters. The largest absolute Gasteiger partial charge is 0.335 e. The Morgan fingerprint density at radius 3 is 2.55 bits per heavy atom. The van der Waals surface area contributed by atoms with Gasteiger partial charge in [0.15, 0.2) is 5.69 Å². The Hall–Kier alpha value is -2.42. The van der Waals surface area contributed by atoms with Gasteiger partial charge in [0, 0.05) is 50.2 Å². The summed E-state index contributed by atoms with van der Waals surface area (Å²) in [5.41, 5.74) is 1.81. The number of fused-ring (bicyclic) bond motifs is 1. The number of benzene rings is 1. The fraction of sp³-hybridized carbons (Fsp3) is 0.300. The average molecular weight is 433 g/mol. The summed E-state index contributed by atoms with van der Waals surface area (Å²) in [4.78, 5) is 21.3. The summed E-state index contributed by atoms with van der Waals surface area (Å²) in [7, 11) is -3.56. The molecule has 2 aromatic heterocycles. The predicted octanol–water partition coefficient (Wildman–Crippen LogP) is 2.35. The van der Waals surface area contributed by atoms with Gasteiger partial charge in [-0.15, -0.1) is 0 Å². The van der Waals surface area contributed by atoms with E-state index in [1.165, 1.54) is 4.40 Å². The number of amides is 1. The summed E-state index contributed by atoms with van der Waals surface area (Å²) in [5.74, 6) is -0.244. The maximum absolute atomic E-state index is 13.1. The molecule has 3 heterocycles. The predicted molar refractivity (Wildman–Crippen MR) is 111 cm³/mol. The van der Waals surface area contributed by atoms with E-state index in [0.717, 1.165) is 31.5 Å². The van der Waals surface area contributed by atoms with Crippen LogP contribution in [-0.4, -0.2) is 65.9 Å². The van der Waals surface area contributed by atoms with Crippen LogP contribution >= 0.6 is 11.6 Å². The SMILES string of the molecule is CS(=O)(=O)c1nc(C(=O)N2CCN(Cc3cccc(Cl)c3)CC2)c2ccccn12. The van der Waals surface area contributed by atoms with Crippen LogP contribution in [0.1, 0.15) is 16.1 Å². The first kappa shape index (κ1) is 19.9. The van der Waals surface area contributed by atoms with Crippen LogP contribution in [0.4, 0.5) is 0 Å². The zero-order chi connectivity index (χ0) is 20.6. The highest BCUT2D eigenvalue weighted by Gasteiger charge is 2.28. The molecule has 0 atom stereocenters. The second kappa shape index (κ2) is 7.78. The van der Waals surface area contributed by atoms with Gasteiger partial charge in [0.1, 0.15) is 0 Å². The van der Waals surface area contributed by atoms with Crippen molar-refractivity contribution < 1.29 is 13.2 Å². The molecule has 29 heavy (non-hydrogen) atoms. The van der Waals surface area contributed by atoms with Gasteiger partial charge in [0.25, 0.3) is 5.91 Å². The summed E-state index contributed by atoms with van der Waals surface area (Å²) < 4.78 is 25.6. The van der Waals surface area contributed by atoms with Crippen molar-refractivity contribution in [3.8, 4) is 0 Å². The molecule has 4 rings (SSSR count).